The number of hydrogen-bond donors (Lipinski definition) is 2. The Morgan fingerprint density at radius 3 is 2.50 bits per heavy atom. The molecule has 1 aromatic carbocycles. The van der Waals surface area contributed by atoms with Gasteiger partial charge in [0.1, 0.15) is 5.69 Å². The smallest absolute Gasteiger partial charge is 0.317 e. The van der Waals surface area contributed by atoms with Gasteiger partial charge < -0.3 is 20.1 Å². The third-order valence-corrected chi connectivity index (χ3v) is 5.86. The summed E-state index contributed by atoms with van der Waals surface area (Å²) >= 11 is 0. The van der Waals surface area contributed by atoms with Gasteiger partial charge in [-0.3, -0.25) is 4.79 Å². The first-order valence-electron chi connectivity index (χ1n) is 10.4. The molecule has 0 unspecified atom stereocenters. The number of aromatic nitrogens is 1. The highest BCUT2D eigenvalue weighted by Crippen LogP contribution is 2.20. The van der Waals surface area contributed by atoms with Crippen molar-refractivity contribution >= 4 is 22.9 Å². The molecule has 150 valence electrons. The average Bonchev–Trinajstić information content (AvgIpc) is 3.12. The number of hydrogen-bond acceptors (Lipinski definition) is 4. The Hall–Kier alpha value is -2.57. The fraction of sp³-hybridized carbons (Fsp3) is 0.571. The van der Waals surface area contributed by atoms with E-state index >= 15 is 0 Å². The molecule has 4 rings (SSSR count). The van der Waals surface area contributed by atoms with Gasteiger partial charge in [-0.15, -0.1) is 0 Å². The minimum Gasteiger partial charge on any atom is -0.356 e. The van der Waals surface area contributed by atoms with Gasteiger partial charge in [-0.25, -0.2) is 4.79 Å². The summed E-state index contributed by atoms with van der Waals surface area (Å²) < 4.78 is 5.26. The summed E-state index contributed by atoms with van der Waals surface area (Å²) in [5.41, 5.74) is 1.36. The molecular formula is C21H28N4O3. The standard InChI is InChI=1S/C21H28N4O3/c26-20(14-18-17-8-4-5-9-19(17)28-24-18)22-16-10-12-25(13-11-16)21(27)23-15-6-2-1-3-7-15/h4-5,8-9,15-16H,1-3,6-7,10-14H2,(H,22,26)(H,23,27). The predicted octanol–water partition coefficient (Wildman–Crippen LogP) is 2.99. The quantitative estimate of drug-likeness (QED) is 0.848. The van der Waals surface area contributed by atoms with Crippen LogP contribution in [0.4, 0.5) is 4.79 Å². The number of piperidine rings is 1. The van der Waals surface area contributed by atoms with Gasteiger partial charge in [-0.2, -0.15) is 0 Å². The highest BCUT2D eigenvalue weighted by molar-refractivity contribution is 5.86. The second-order valence-corrected chi connectivity index (χ2v) is 7.92. The number of urea groups is 1. The summed E-state index contributed by atoms with van der Waals surface area (Å²) in [7, 11) is 0. The van der Waals surface area contributed by atoms with Gasteiger partial charge in [-0.05, 0) is 37.8 Å². The van der Waals surface area contributed by atoms with E-state index in [1.165, 1.54) is 19.3 Å². The van der Waals surface area contributed by atoms with E-state index in [9.17, 15) is 9.59 Å². The molecule has 0 spiro atoms. The molecule has 1 saturated heterocycles. The van der Waals surface area contributed by atoms with Gasteiger partial charge in [0.25, 0.3) is 0 Å². The van der Waals surface area contributed by atoms with Crippen LogP contribution in [0, 0.1) is 0 Å². The number of fused-ring (bicyclic) bond motifs is 1. The van der Waals surface area contributed by atoms with Crippen molar-refractivity contribution in [2.45, 2.75) is 63.5 Å². The van der Waals surface area contributed by atoms with Gasteiger partial charge in [0.15, 0.2) is 5.58 Å². The molecule has 28 heavy (non-hydrogen) atoms. The van der Waals surface area contributed by atoms with Crippen molar-refractivity contribution < 1.29 is 14.1 Å². The van der Waals surface area contributed by atoms with Crippen molar-refractivity contribution in [3.63, 3.8) is 0 Å². The van der Waals surface area contributed by atoms with Crippen molar-refractivity contribution in [1.29, 1.82) is 0 Å². The molecule has 2 fully saturated rings. The lowest BCUT2D eigenvalue weighted by atomic mass is 9.95. The Labute approximate surface area is 164 Å². The molecule has 1 aromatic heterocycles. The molecule has 0 radical (unpaired) electrons. The maximum atomic E-state index is 12.4. The number of rotatable bonds is 4. The second kappa shape index (κ2) is 8.63. The van der Waals surface area contributed by atoms with E-state index in [0.717, 1.165) is 31.1 Å². The molecule has 0 atom stereocenters. The lowest BCUT2D eigenvalue weighted by Gasteiger charge is -2.34. The summed E-state index contributed by atoms with van der Waals surface area (Å²) in [6.07, 6.45) is 7.65. The molecule has 0 bridgehead atoms. The molecular weight excluding hydrogens is 356 g/mol. The number of benzene rings is 1. The van der Waals surface area contributed by atoms with E-state index in [1.54, 1.807) is 0 Å². The number of likely N-dealkylation sites (tertiary alicyclic amines) is 1. The first kappa shape index (κ1) is 18.8. The highest BCUT2D eigenvalue weighted by Gasteiger charge is 2.26. The van der Waals surface area contributed by atoms with E-state index in [2.05, 4.69) is 15.8 Å². The third-order valence-electron chi connectivity index (χ3n) is 5.86. The maximum absolute atomic E-state index is 12.4. The topological polar surface area (TPSA) is 87.5 Å². The molecule has 7 heteroatoms. The highest BCUT2D eigenvalue weighted by atomic mass is 16.5. The van der Waals surface area contributed by atoms with E-state index < -0.39 is 0 Å². The number of amides is 3. The van der Waals surface area contributed by atoms with Crippen LogP contribution in [0.2, 0.25) is 0 Å². The maximum Gasteiger partial charge on any atom is 0.317 e. The molecule has 3 amide bonds. The van der Waals surface area contributed by atoms with Gasteiger partial charge in [-0.1, -0.05) is 36.6 Å². The molecule has 2 aliphatic rings. The first-order valence-corrected chi connectivity index (χ1v) is 10.4. The van der Waals surface area contributed by atoms with Crippen LogP contribution in [0.15, 0.2) is 28.8 Å². The Balaban J connectivity index is 1.22. The minimum absolute atomic E-state index is 0.0470. The summed E-state index contributed by atoms with van der Waals surface area (Å²) in [6, 6.07) is 8.03. The molecule has 1 aliphatic carbocycles. The predicted molar refractivity (Wildman–Crippen MR) is 106 cm³/mol. The van der Waals surface area contributed by atoms with Crippen LogP contribution in [0.5, 0.6) is 0 Å². The molecule has 2 heterocycles. The van der Waals surface area contributed by atoms with Crippen molar-refractivity contribution in [3.8, 4) is 0 Å². The first-order chi connectivity index (χ1) is 13.7. The number of nitrogens with one attached hydrogen (secondary N) is 2. The summed E-state index contributed by atoms with van der Waals surface area (Å²) in [5.74, 6) is -0.0517. The summed E-state index contributed by atoms with van der Waals surface area (Å²) in [4.78, 5) is 26.7. The average molecular weight is 384 g/mol. The van der Waals surface area contributed by atoms with E-state index in [4.69, 9.17) is 4.52 Å². The zero-order valence-corrected chi connectivity index (χ0v) is 16.2. The molecule has 7 nitrogen and oxygen atoms in total. The van der Waals surface area contributed by atoms with Crippen molar-refractivity contribution in [2.24, 2.45) is 0 Å². The minimum atomic E-state index is -0.0517. The monoisotopic (exact) mass is 384 g/mol. The SMILES string of the molecule is O=C(Cc1noc2ccccc12)NC1CCN(C(=O)NC2CCCCC2)CC1. The van der Waals surface area contributed by atoms with E-state index in [-0.39, 0.29) is 24.4 Å². The summed E-state index contributed by atoms with van der Waals surface area (Å²) in [6.45, 7) is 1.35. The largest absolute Gasteiger partial charge is 0.356 e. The van der Waals surface area contributed by atoms with Crippen molar-refractivity contribution in [1.82, 2.24) is 20.7 Å². The second-order valence-electron chi connectivity index (χ2n) is 7.92. The number of para-hydroxylation sites is 1. The zero-order valence-electron chi connectivity index (χ0n) is 16.2. The van der Waals surface area contributed by atoms with E-state index in [0.29, 0.717) is 30.4 Å². The Morgan fingerprint density at radius 1 is 1.00 bits per heavy atom. The van der Waals surface area contributed by atoms with Crippen LogP contribution < -0.4 is 10.6 Å². The van der Waals surface area contributed by atoms with Crippen LogP contribution >= 0.6 is 0 Å². The fourth-order valence-corrected chi connectivity index (χ4v) is 4.24. The normalized spacial score (nSPS) is 18.9. The Kier molecular flexibility index (Phi) is 5.78. The Bertz CT molecular complexity index is 820. The van der Waals surface area contributed by atoms with Crippen molar-refractivity contribution in [3.05, 3.63) is 30.0 Å². The van der Waals surface area contributed by atoms with Gasteiger partial charge >= 0.3 is 6.03 Å². The molecule has 1 saturated carbocycles. The fourth-order valence-electron chi connectivity index (χ4n) is 4.24. The van der Waals surface area contributed by atoms with Crippen LogP contribution in [0.3, 0.4) is 0 Å². The molecule has 2 N–H and O–H groups in total. The van der Waals surface area contributed by atoms with Crippen LogP contribution in [-0.2, 0) is 11.2 Å². The lowest BCUT2D eigenvalue weighted by Crippen LogP contribution is -2.51. The molecule has 2 aromatic rings. The molecule has 1 aliphatic heterocycles. The van der Waals surface area contributed by atoms with Crippen LogP contribution in [-0.4, -0.2) is 47.2 Å². The summed E-state index contributed by atoms with van der Waals surface area (Å²) in [5, 5.41) is 11.2. The van der Waals surface area contributed by atoms with Gasteiger partial charge in [0.2, 0.25) is 5.91 Å². The lowest BCUT2D eigenvalue weighted by molar-refractivity contribution is -0.121. The van der Waals surface area contributed by atoms with Crippen molar-refractivity contribution in [2.75, 3.05) is 13.1 Å². The van der Waals surface area contributed by atoms with Crippen LogP contribution in [0.1, 0.15) is 50.6 Å². The number of nitrogens with zero attached hydrogens (tertiary/aromatic N) is 2. The number of carbonyl (C=O) groups excluding carboxylic acids is 2. The van der Waals surface area contributed by atoms with Crippen LogP contribution in [0.25, 0.3) is 11.0 Å². The Morgan fingerprint density at radius 2 is 1.71 bits per heavy atom. The van der Waals surface area contributed by atoms with Gasteiger partial charge in [0.05, 0.1) is 6.42 Å². The van der Waals surface area contributed by atoms with E-state index in [1.807, 2.05) is 29.2 Å². The number of carbonyl (C=O) groups is 2. The van der Waals surface area contributed by atoms with Gasteiger partial charge in [0, 0.05) is 30.6 Å². The third kappa shape index (κ3) is 4.46. The zero-order chi connectivity index (χ0) is 19.3.